The highest BCUT2D eigenvalue weighted by Crippen LogP contribution is 2.32. The molecule has 1 aromatic heterocycles. The van der Waals surface area contributed by atoms with E-state index in [0.29, 0.717) is 5.92 Å². The normalized spacial score (nSPS) is 16.4. The summed E-state index contributed by atoms with van der Waals surface area (Å²) in [7, 11) is 0. The first-order chi connectivity index (χ1) is 10.4. The Morgan fingerprint density at radius 1 is 1.00 bits per heavy atom. The summed E-state index contributed by atoms with van der Waals surface area (Å²) in [5.41, 5.74) is 2.35. The van der Waals surface area contributed by atoms with Crippen molar-refractivity contribution in [3.63, 3.8) is 0 Å². The van der Waals surface area contributed by atoms with Gasteiger partial charge < -0.3 is 5.32 Å². The molecule has 1 fully saturated rings. The van der Waals surface area contributed by atoms with E-state index in [4.69, 9.17) is 4.98 Å². The number of fused-ring (bicyclic) bond motifs is 1. The van der Waals surface area contributed by atoms with Crippen LogP contribution in [0.25, 0.3) is 22.0 Å². The van der Waals surface area contributed by atoms with Crippen LogP contribution in [0.2, 0.25) is 0 Å². The Balaban J connectivity index is 1.67. The summed E-state index contributed by atoms with van der Waals surface area (Å²) >= 11 is 1.82. The lowest BCUT2D eigenvalue weighted by Gasteiger charge is -2.20. The van der Waals surface area contributed by atoms with Crippen LogP contribution in [0, 0.1) is 0 Å². The van der Waals surface area contributed by atoms with E-state index in [-0.39, 0.29) is 0 Å². The van der Waals surface area contributed by atoms with Gasteiger partial charge in [-0.2, -0.15) is 0 Å². The summed E-state index contributed by atoms with van der Waals surface area (Å²) in [6.45, 7) is 2.24. The molecule has 2 aromatic carbocycles. The van der Waals surface area contributed by atoms with Crippen LogP contribution in [0.5, 0.6) is 0 Å². The molecular formula is C18H18N2S. The number of benzene rings is 2. The Hall–Kier alpha value is -1.71. The van der Waals surface area contributed by atoms with Crippen LogP contribution in [0.1, 0.15) is 23.8 Å². The summed E-state index contributed by atoms with van der Waals surface area (Å²) < 4.78 is 0. The molecule has 0 bridgehead atoms. The van der Waals surface area contributed by atoms with Crippen molar-refractivity contribution < 1.29 is 0 Å². The molecule has 0 saturated carbocycles. The van der Waals surface area contributed by atoms with Gasteiger partial charge in [0.05, 0.1) is 10.7 Å². The minimum absolute atomic E-state index is 0.644. The number of hydrogen-bond acceptors (Lipinski definition) is 3. The number of hydrogen-bond donors (Lipinski definition) is 1. The number of piperidine rings is 1. The highest BCUT2D eigenvalue weighted by Gasteiger charge is 2.18. The van der Waals surface area contributed by atoms with Crippen LogP contribution in [-0.4, -0.2) is 18.1 Å². The number of rotatable bonds is 2. The molecule has 0 radical (unpaired) electrons. The maximum absolute atomic E-state index is 4.90. The van der Waals surface area contributed by atoms with Crippen LogP contribution in [0.15, 0.2) is 47.8 Å². The maximum atomic E-state index is 4.90. The van der Waals surface area contributed by atoms with E-state index in [9.17, 15) is 0 Å². The summed E-state index contributed by atoms with van der Waals surface area (Å²) in [4.78, 5) is 4.90. The zero-order valence-electron chi connectivity index (χ0n) is 11.9. The van der Waals surface area contributed by atoms with Gasteiger partial charge in [-0.1, -0.05) is 36.4 Å². The number of thiazole rings is 1. The quantitative estimate of drug-likeness (QED) is 0.756. The van der Waals surface area contributed by atoms with E-state index in [1.54, 1.807) is 0 Å². The summed E-state index contributed by atoms with van der Waals surface area (Å²) in [5.74, 6) is 0.644. The van der Waals surface area contributed by atoms with Crippen molar-refractivity contribution >= 4 is 22.1 Å². The predicted octanol–water partition coefficient (Wildman–Crippen LogP) is 4.43. The molecule has 106 valence electrons. The largest absolute Gasteiger partial charge is 0.317 e. The molecule has 21 heavy (non-hydrogen) atoms. The van der Waals surface area contributed by atoms with E-state index in [2.05, 4.69) is 53.2 Å². The second-order valence-electron chi connectivity index (χ2n) is 5.66. The molecule has 1 N–H and O–H groups in total. The Labute approximate surface area is 128 Å². The molecule has 1 aliphatic heterocycles. The summed E-state index contributed by atoms with van der Waals surface area (Å²) in [6, 6.07) is 15.1. The lowest BCUT2D eigenvalue weighted by atomic mass is 9.99. The zero-order chi connectivity index (χ0) is 14.1. The third-order valence-corrected chi connectivity index (χ3v) is 5.26. The van der Waals surface area contributed by atoms with Crippen molar-refractivity contribution in [3.8, 4) is 11.3 Å². The molecule has 2 heterocycles. The molecular weight excluding hydrogens is 276 g/mol. The van der Waals surface area contributed by atoms with Crippen LogP contribution < -0.4 is 5.32 Å². The van der Waals surface area contributed by atoms with E-state index >= 15 is 0 Å². The fourth-order valence-electron chi connectivity index (χ4n) is 3.03. The predicted molar refractivity (Wildman–Crippen MR) is 89.9 cm³/mol. The van der Waals surface area contributed by atoms with Gasteiger partial charge in [0.25, 0.3) is 0 Å². The van der Waals surface area contributed by atoms with Crippen molar-refractivity contribution in [1.29, 1.82) is 0 Å². The van der Waals surface area contributed by atoms with Crippen molar-refractivity contribution in [2.75, 3.05) is 13.1 Å². The van der Waals surface area contributed by atoms with Crippen LogP contribution in [-0.2, 0) is 0 Å². The molecule has 1 saturated heterocycles. The molecule has 0 unspecified atom stereocenters. The zero-order valence-corrected chi connectivity index (χ0v) is 12.7. The van der Waals surface area contributed by atoms with E-state index in [0.717, 1.165) is 18.8 Å². The molecule has 3 aromatic rings. The number of nitrogens with zero attached hydrogens (tertiary/aromatic N) is 1. The van der Waals surface area contributed by atoms with Gasteiger partial charge in [-0.3, -0.25) is 0 Å². The van der Waals surface area contributed by atoms with Gasteiger partial charge in [-0.15, -0.1) is 11.3 Å². The van der Waals surface area contributed by atoms with Gasteiger partial charge in [-0.05, 0) is 42.8 Å². The van der Waals surface area contributed by atoms with Crippen molar-refractivity contribution in [2.24, 2.45) is 0 Å². The standard InChI is InChI=1S/C18H18N2S/c1-2-4-15-11-16(6-5-13(15)3-1)17-12-21-18(20-17)14-7-9-19-10-8-14/h1-6,11-12,14,19H,7-10H2. The monoisotopic (exact) mass is 294 g/mol. The Bertz CT molecular complexity index is 757. The van der Waals surface area contributed by atoms with Gasteiger partial charge in [0.15, 0.2) is 0 Å². The fraction of sp³-hybridized carbons (Fsp3) is 0.278. The first-order valence-corrected chi connectivity index (χ1v) is 8.43. The smallest absolute Gasteiger partial charge is 0.0964 e. The molecule has 4 rings (SSSR count). The molecule has 1 aliphatic rings. The lowest BCUT2D eigenvalue weighted by molar-refractivity contribution is 0.459. The van der Waals surface area contributed by atoms with Gasteiger partial charge in [0, 0.05) is 16.9 Å². The average Bonchev–Trinajstić information content (AvgIpc) is 3.05. The highest BCUT2D eigenvalue weighted by atomic mass is 32.1. The minimum atomic E-state index is 0.644. The van der Waals surface area contributed by atoms with Crippen molar-refractivity contribution in [2.45, 2.75) is 18.8 Å². The Morgan fingerprint density at radius 2 is 1.81 bits per heavy atom. The van der Waals surface area contributed by atoms with E-state index < -0.39 is 0 Å². The third kappa shape index (κ3) is 2.59. The maximum Gasteiger partial charge on any atom is 0.0964 e. The first kappa shape index (κ1) is 13.0. The van der Waals surface area contributed by atoms with Gasteiger partial charge in [0.1, 0.15) is 0 Å². The first-order valence-electron chi connectivity index (χ1n) is 7.55. The van der Waals surface area contributed by atoms with Crippen LogP contribution in [0.3, 0.4) is 0 Å². The Kier molecular flexibility index (Phi) is 3.45. The summed E-state index contributed by atoms with van der Waals surface area (Å²) in [5, 5.41) is 9.51. The van der Waals surface area contributed by atoms with Gasteiger partial charge >= 0.3 is 0 Å². The molecule has 3 heteroatoms. The molecule has 0 spiro atoms. The van der Waals surface area contributed by atoms with Crippen LogP contribution in [0.4, 0.5) is 0 Å². The van der Waals surface area contributed by atoms with Gasteiger partial charge in [0.2, 0.25) is 0 Å². The van der Waals surface area contributed by atoms with Crippen LogP contribution >= 0.6 is 11.3 Å². The number of aromatic nitrogens is 1. The van der Waals surface area contributed by atoms with Gasteiger partial charge in [-0.25, -0.2) is 4.98 Å². The topological polar surface area (TPSA) is 24.9 Å². The summed E-state index contributed by atoms with van der Waals surface area (Å²) in [6.07, 6.45) is 2.43. The molecule has 0 aliphatic carbocycles. The SMILES string of the molecule is c1ccc2cc(-c3csc(C4CCNCC4)n3)ccc2c1. The van der Waals surface area contributed by atoms with E-state index in [1.165, 1.54) is 34.2 Å². The Morgan fingerprint density at radius 3 is 2.67 bits per heavy atom. The fourth-order valence-corrected chi connectivity index (χ4v) is 4.03. The minimum Gasteiger partial charge on any atom is -0.317 e. The second kappa shape index (κ2) is 5.58. The lowest BCUT2D eigenvalue weighted by Crippen LogP contribution is -2.26. The third-order valence-electron chi connectivity index (χ3n) is 4.26. The average molecular weight is 294 g/mol. The van der Waals surface area contributed by atoms with E-state index in [1.807, 2.05) is 11.3 Å². The highest BCUT2D eigenvalue weighted by molar-refractivity contribution is 7.10. The molecule has 0 atom stereocenters. The number of nitrogens with one attached hydrogen (secondary N) is 1. The molecule has 0 amide bonds. The molecule has 2 nitrogen and oxygen atoms in total. The van der Waals surface area contributed by atoms with Crippen molar-refractivity contribution in [3.05, 3.63) is 52.9 Å². The van der Waals surface area contributed by atoms with Crippen molar-refractivity contribution in [1.82, 2.24) is 10.3 Å². The second-order valence-corrected chi connectivity index (χ2v) is 6.55.